The molecule has 2 unspecified atom stereocenters. The van der Waals surface area contributed by atoms with E-state index in [4.69, 9.17) is 0 Å². The number of nitrogens with zero attached hydrogens (tertiary/aromatic N) is 2. The molecule has 0 radical (unpaired) electrons. The third-order valence-electron chi connectivity index (χ3n) is 5.63. The molecule has 1 aliphatic heterocycles. The fourth-order valence-electron chi connectivity index (χ4n) is 4.28. The van der Waals surface area contributed by atoms with Crippen LogP contribution in [0.3, 0.4) is 0 Å². The summed E-state index contributed by atoms with van der Waals surface area (Å²) < 4.78 is 0. The first kappa shape index (κ1) is 17.4. The number of anilines is 1. The Kier molecular flexibility index (Phi) is 4.24. The second-order valence-electron chi connectivity index (χ2n) is 7.38. The lowest BCUT2D eigenvalue weighted by Gasteiger charge is -2.24. The largest absolute Gasteiger partial charge is 0.361 e. The molecule has 4 nitrogen and oxygen atoms in total. The van der Waals surface area contributed by atoms with E-state index in [9.17, 15) is 4.79 Å². The normalized spacial score (nSPS) is 17.6. The average Bonchev–Trinajstić information content (AvgIpc) is 3.32. The van der Waals surface area contributed by atoms with Crippen molar-refractivity contribution in [2.45, 2.75) is 12.8 Å². The molecule has 1 amide bonds. The topological polar surface area (TPSA) is 48.5 Å². The number of carbonyl (C=O) groups is 1. The van der Waals surface area contributed by atoms with Crippen LogP contribution in [-0.2, 0) is 4.79 Å². The number of rotatable bonds is 4. The van der Waals surface area contributed by atoms with Crippen molar-refractivity contribution in [1.29, 1.82) is 0 Å². The molecule has 142 valence electrons. The summed E-state index contributed by atoms with van der Waals surface area (Å²) in [5.74, 6) is -0.457. The first-order valence-corrected chi connectivity index (χ1v) is 9.79. The van der Waals surface area contributed by atoms with Gasteiger partial charge >= 0.3 is 0 Å². The van der Waals surface area contributed by atoms with Crippen molar-refractivity contribution >= 4 is 28.2 Å². The van der Waals surface area contributed by atoms with Crippen LogP contribution in [-0.4, -0.2) is 16.6 Å². The molecule has 0 aliphatic carbocycles. The second-order valence-corrected chi connectivity index (χ2v) is 7.38. The van der Waals surface area contributed by atoms with Gasteiger partial charge in [0, 0.05) is 28.7 Å². The third kappa shape index (κ3) is 2.93. The number of H-pyrrole nitrogens is 1. The molecule has 0 bridgehead atoms. The van der Waals surface area contributed by atoms with E-state index in [0.717, 1.165) is 33.4 Å². The Morgan fingerprint density at radius 2 is 1.55 bits per heavy atom. The Bertz CT molecular complexity index is 1190. The van der Waals surface area contributed by atoms with Gasteiger partial charge in [0.15, 0.2) is 0 Å². The lowest BCUT2D eigenvalue weighted by Crippen LogP contribution is -2.31. The second kappa shape index (κ2) is 7.06. The molecule has 2 heterocycles. The lowest BCUT2D eigenvalue weighted by atomic mass is 9.78. The Balaban J connectivity index is 1.65. The molecule has 1 aliphatic rings. The van der Waals surface area contributed by atoms with Crippen LogP contribution in [0.25, 0.3) is 10.9 Å². The van der Waals surface area contributed by atoms with E-state index in [-0.39, 0.29) is 17.7 Å². The average molecular weight is 379 g/mol. The van der Waals surface area contributed by atoms with Crippen molar-refractivity contribution < 1.29 is 4.79 Å². The zero-order valence-corrected chi connectivity index (χ0v) is 16.1. The van der Waals surface area contributed by atoms with Crippen LogP contribution in [0.4, 0.5) is 5.69 Å². The molecule has 3 aromatic carbocycles. The maximum absolute atomic E-state index is 13.6. The molecule has 4 aromatic rings. The Morgan fingerprint density at radius 1 is 0.897 bits per heavy atom. The van der Waals surface area contributed by atoms with Crippen LogP contribution in [0.15, 0.2) is 96.2 Å². The van der Waals surface area contributed by atoms with Crippen LogP contribution in [0.5, 0.6) is 0 Å². The molecule has 4 heteroatoms. The summed E-state index contributed by atoms with van der Waals surface area (Å²) in [7, 11) is 0. The number of hydrogen-bond donors (Lipinski definition) is 1. The molecule has 2 atom stereocenters. The van der Waals surface area contributed by atoms with Gasteiger partial charge in [-0.15, -0.1) is 0 Å². The van der Waals surface area contributed by atoms with Crippen LogP contribution in [0, 0.1) is 5.92 Å². The maximum Gasteiger partial charge on any atom is 0.257 e. The fraction of sp³-hybridized carbons (Fsp3) is 0.120. The summed E-state index contributed by atoms with van der Waals surface area (Å²) in [5.41, 5.74) is 4.93. The quantitative estimate of drug-likeness (QED) is 0.511. The lowest BCUT2D eigenvalue weighted by molar-refractivity contribution is -0.120. The third-order valence-corrected chi connectivity index (χ3v) is 5.63. The minimum Gasteiger partial charge on any atom is -0.361 e. The number of aromatic amines is 1. The summed E-state index contributed by atoms with van der Waals surface area (Å²) in [5, 5.41) is 7.33. The molecule has 0 saturated carbocycles. The SMILES string of the molecule is CC1=NN(c2ccccc2)C(=O)C1C(c1ccccc1)c1c[nH]c2ccccc12. The number of benzene rings is 3. The Morgan fingerprint density at radius 3 is 2.31 bits per heavy atom. The molecule has 1 aromatic heterocycles. The predicted molar refractivity (Wildman–Crippen MR) is 117 cm³/mol. The standard InChI is InChI=1S/C25H21N3O/c1-17-23(25(29)28(27-17)19-12-6-3-7-13-19)24(18-10-4-2-5-11-18)21-16-26-22-15-9-8-14-20(21)22/h2-16,23-24,26H,1H3. The first-order chi connectivity index (χ1) is 14.2. The van der Waals surface area contributed by atoms with Crippen molar-refractivity contribution in [3.05, 3.63) is 102 Å². The zero-order valence-electron chi connectivity index (χ0n) is 16.1. The van der Waals surface area contributed by atoms with Crippen LogP contribution in [0.2, 0.25) is 0 Å². The van der Waals surface area contributed by atoms with E-state index in [0.29, 0.717) is 0 Å². The van der Waals surface area contributed by atoms with Gasteiger partial charge in [-0.1, -0.05) is 66.7 Å². The van der Waals surface area contributed by atoms with Gasteiger partial charge in [0.25, 0.3) is 5.91 Å². The summed E-state index contributed by atoms with van der Waals surface area (Å²) >= 11 is 0. The molecule has 29 heavy (non-hydrogen) atoms. The van der Waals surface area contributed by atoms with Crippen LogP contribution < -0.4 is 5.01 Å². The highest BCUT2D eigenvalue weighted by Gasteiger charge is 2.42. The summed E-state index contributed by atoms with van der Waals surface area (Å²) in [4.78, 5) is 16.9. The number of para-hydroxylation sites is 2. The molecule has 5 rings (SSSR count). The number of hydrogen-bond acceptors (Lipinski definition) is 2. The number of carbonyl (C=O) groups excluding carboxylic acids is 1. The van der Waals surface area contributed by atoms with Crippen molar-refractivity contribution in [3.8, 4) is 0 Å². The van der Waals surface area contributed by atoms with Crippen molar-refractivity contribution in [2.75, 3.05) is 5.01 Å². The van der Waals surface area contributed by atoms with Crippen LogP contribution in [0.1, 0.15) is 24.0 Å². The van der Waals surface area contributed by atoms with E-state index in [2.05, 4.69) is 34.4 Å². The number of fused-ring (bicyclic) bond motifs is 1. The minimum atomic E-state index is -0.350. The number of hydrazone groups is 1. The van der Waals surface area contributed by atoms with E-state index in [1.54, 1.807) is 5.01 Å². The summed E-state index contributed by atoms with van der Waals surface area (Å²) in [6.45, 7) is 1.95. The highest BCUT2D eigenvalue weighted by atomic mass is 16.2. The summed E-state index contributed by atoms with van der Waals surface area (Å²) in [6.07, 6.45) is 2.04. The van der Waals surface area contributed by atoms with E-state index in [1.165, 1.54) is 0 Å². The molecule has 0 spiro atoms. The van der Waals surface area contributed by atoms with Gasteiger partial charge < -0.3 is 4.98 Å². The van der Waals surface area contributed by atoms with Gasteiger partial charge in [0.2, 0.25) is 0 Å². The minimum absolute atomic E-state index is 0.00725. The van der Waals surface area contributed by atoms with Gasteiger partial charge in [-0.25, -0.2) is 5.01 Å². The van der Waals surface area contributed by atoms with E-state index < -0.39 is 0 Å². The molecule has 0 saturated heterocycles. The highest BCUT2D eigenvalue weighted by Crippen LogP contribution is 2.40. The monoisotopic (exact) mass is 379 g/mol. The molecular formula is C25H21N3O. The number of amides is 1. The summed E-state index contributed by atoms with van der Waals surface area (Å²) in [6, 6.07) is 28.1. The smallest absolute Gasteiger partial charge is 0.257 e. The van der Waals surface area contributed by atoms with Crippen molar-refractivity contribution in [1.82, 2.24) is 4.98 Å². The first-order valence-electron chi connectivity index (χ1n) is 9.79. The van der Waals surface area contributed by atoms with Gasteiger partial charge in [-0.2, -0.15) is 5.10 Å². The molecule has 0 fully saturated rings. The number of nitrogens with one attached hydrogen (secondary N) is 1. The fourth-order valence-corrected chi connectivity index (χ4v) is 4.28. The van der Waals surface area contributed by atoms with Gasteiger partial charge in [-0.05, 0) is 36.2 Å². The molecular weight excluding hydrogens is 358 g/mol. The molecule has 1 N–H and O–H groups in total. The number of aromatic nitrogens is 1. The van der Waals surface area contributed by atoms with Gasteiger partial charge in [-0.3, -0.25) is 4.79 Å². The predicted octanol–water partition coefficient (Wildman–Crippen LogP) is 5.34. The van der Waals surface area contributed by atoms with Crippen LogP contribution >= 0.6 is 0 Å². The highest BCUT2D eigenvalue weighted by molar-refractivity contribution is 6.16. The zero-order chi connectivity index (χ0) is 19.8. The van der Waals surface area contributed by atoms with Gasteiger partial charge in [0.1, 0.15) is 0 Å². The maximum atomic E-state index is 13.6. The Hall–Kier alpha value is -3.66. The van der Waals surface area contributed by atoms with Gasteiger partial charge in [0.05, 0.1) is 11.6 Å². The van der Waals surface area contributed by atoms with Crippen molar-refractivity contribution in [2.24, 2.45) is 11.0 Å². The Labute approximate surface area is 169 Å². The van der Waals surface area contributed by atoms with Crippen molar-refractivity contribution in [3.63, 3.8) is 0 Å². The van der Waals surface area contributed by atoms with E-state index >= 15 is 0 Å². The van der Waals surface area contributed by atoms with E-state index in [1.807, 2.05) is 73.8 Å².